The topological polar surface area (TPSA) is 49.8 Å². The van der Waals surface area contributed by atoms with Crippen molar-refractivity contribution in [3.8, 4) is 5.75 Å². The Balaban J connectivity index is 2.13. The molecule has 0 radical (unpaired) electrons. The van der Waals surface area contributed by atoms with Crippen molar-refractivity contribution in [3.05, 3.63) is 41.0 Å². The lowest BCUT2D eigenvalue weighted by Crippen LogP contribution is -2.34. The molecule has 0 aromatic heterocycles. The van der Waals surface area contributed by atoms with Gasteiger partial charge >= 0.3 is 0 Å². The number of ether oxygens (including phenoxy) is 1. The van der Waals surface area contributed by atoms with Gasteiger partial charge in [-0.25, -0.2) is 0 Å². The van der Waals surface area contributed by atoms with Crippen LogP contribution in [0, 0.1) is 0 Å². The Morgan fingerprint density at radius 3 is 2.33 bits per heavy atom. The smallest absolute Gasteiger partial charge is 0.252 e. The molecule has 1 amide bonds. The summed E-state index contributed by atoms with van der Waals surface area (Å²) in [6.07, 6.45) is -0.806. The number of hydrogen-bond acceptors (Lipinski definition) is 3. The molecular formula is C14H17NO3. The number of hydrogen-bond donors (Lipinski definition) is 1. The highest BCUT2D eigenvalue weighted by Gasteiger charge is 2.32. The van der Waals surface area contributed by atoms with E-state index in [0.717, 1.165) is 16.9 Å². The van der Waals surface area contributed by atoms with Gasteiger partial charge in [-0.15, -0.1) is 0 Å². The third-order valence-corrected chi connectivity index (χ3v) is 3.37. The number of benzene rings is 1. The Bertz CT molecular complexity index is 490. The van der Waals surface area contributed by atoms with Gasteiger partial charge in [0.2, 0.25) is 0 Å². The van der Waals surface area contributed by atoms with Crippen molar-refractivity contribution in [2.75, 3.05) is 7.11 Å². The third-order valence-electron chi connectivity index (χ3n) is 3.37. The third kappa shape index (κ3) is 2.11. The lowest BCUT2D eigenvalue weighted by molar-refractivity contribution is -0.132. The van der Waals surface area contributed by atoms with E-state index in [2.05, 4.69) is 0 Å². The molecule has 2 rings (SSSR count). The van der Waals surface area contributed by atoms with Crippen molar-refractivity contribution >= 4 is 5.91 Å². The van der Waals surface area contributed by atoms with Crippen molar-refractivity contribution in [2.24, 2.45) is 0 Å². The van der Waals surface area contributed by atoms with E-state index in [0.29, 0.717) is 12.1 Å². The van der Waals surface area contributed by atoms with Gasteiger partial charge < -0.3 is 14.7 Å². The highest BCUT2D eigenvalue weighted by molar-refractivity contribution is 5.96. The largest absolute Gasteiger partial charge is 0.497 e. The molecule has 0 bridgehead atoms. The average molecular weight is 247 g/mol. The Morgan fingerprint density at radius 1 is 1.28 bits per heavy atom. The van der Waals surface area contributed by atoms with E-state index in [1.54, 1.807) is 21.0 Å². The van der Waals surface area contributed by atoms with Gasteiger partial charge in [-0.2, -0.15) is 0 Å². The first kappa shape index (κ1) is 12.6. The van der Waals surface area contributed by atoms with E-state index in [-0.39, 0.29) is 5.91 Å². The molecule has 1 aliphatic rings. The molecular weight excluding hydrogens is 230 g/mol. The van der Waals surface area contributed by atoms with Crippen LogP contribution in [0.15, 0.2) is 35.4 Å². The van der Waals surface area contributed by atoms with Crippen LogP contribution in [-0.4, -0.2) is 29.3 Å². The summed E-state index contributed by atoms with van der Waals surface area (Å²) in [6.45, 7) is 3.93. The van der Waals surface area contributed by atoms with Crippen molar-refractivity contribution < 1.29 is 14.6 Å². The number of amides is 1. The van der Waals surface area contributed by atoms with Gasteiger partial charge in [0.05, 0.1) is 7.11 Å². The summed E-state index contributed by atoms with van der Waals surface area (Å²) in [5.74, 6) is 0.674. The molecule has 1 aliphatic heterocycles. The summed E-state index contributed by atoms with van der Waals surface area (Å²) < 4.78 is 5.08. The summed E-state index contributed by atoms with van der Waals surface area (Å²) in [7, 11) is 1.61. The van der Waals surface area contributed by atoms with Crippen LogP contribution in [0.5, 0.6) is 5.75 Å². The van der Waals surface area contributed by atoms with Gasteiger partial charge in [0.1, 0.15) is 5.75 Å². The monoisotopic (exact) mass is 247 g/mol. The van der Waals surface area contributed by atoms with Gasteiger partial charge in [0, 0.05) is 12.1 Å². The second kappa shape index (κ2) is 4.82. The zero-order valence-corrected chi connectivity index (χ0v) is 10.8. The second-order valence-corrected chi connectivity index (χ2v) is 4.46. The zero-order chi connectivity index (χ0) is 13.3. The molecule has 1 aromatic carbocycles. The molecule has 1 unspecified atom stereocenters. The fraction of sp³-hybridized carbons (Fsp3) is 0.357. The van der Waals surface area contributed by atoms with Crippen LogP contribution in [0.1, 0.15) is 19.4 Å². The fourth-order valence-electron chi connectivity index (χ4n) is 2.01. The summed E-state index contributed by atoms with van der Waals surface area (Å²) in [5.41, 5.74) is 2.33. The van der Waals surface area contributed by atoms with E-state index in [9.17, 15) is 9.90 Å². The molecule has 1 N–H and O–H groups in total. The van der Waals surface area contributed by atoms with E-state index < -0.39 is 6.23 Å². The zero-order valence-electron chi connectivity index (χ0n) is 10.8. The SMILES string of the molecule is COc1ccc(CN2C(=O)C(C)=C(C)C2O)cc1. The molecule has 96 valence electrons. The quantitative estimate of drug-likeness (QED) is 0.884. The van der Waals surface area contributed by atoms with Crippen molar-refractivity contribution in [1.29, 1.82) is 0 Å². The summed E-state index contributed by atoms with van der Waals surface area (Å²) in [4.78, 5) is 13.4. The minimum Gasteiger partial charge on any atom is -0.497 e. The summed E-state index contributed by atoms with van der Waals surface area (Å²) >= 11 is 0. The maximum Gasteiger partial charge on any atom is 0.252 e. The van der Waals surface area contributed by atoms with Gasteiger partial charge in [-0.05, 0) is 37.1 Å². The van der Waals surface area contributed by atoms with Gasteiger partial charge in [0.25, 0.3) is 5.91 Å². The van der Waals surface area contributed by atoms with Crippen LogP contribution in [0.25, 0.3) is 0 Å². The molecule has 0 spiro atoms. The first-order chi connectivity index (χ1) is 8.54. The molecule has 0 saturated heterocycles. The lowest BCUT2D eigenvalue weighted by atomic mass is 10.2. The predicted molar refractivity (Wildman–Crippen MR) is 67.9 cm³/mol. The Hall–Kier alpha value is -1.81. The average Bonchev–Trinajstić information content (AvgIpc) is 2.57. The van der Waals surface area contributed by atoms with Crippen LogP contribution in [0.2, 0.25) is 0 Å². The highest BCUT2D eigenvalue weighted by atomic mass is 16.5. The van der Waals surface area contributed by atoms with Gasteiger partial charge in [-0.3, -0.25) is 4.79 Å². The number of carbonyl (C=O) groups is 1. The van der Waals surface area contributed by atoms with Gasteiger partial charge in [-0.1, -0.05) is 12.1 Å². The van der Waals surface area contributed by atoms with E-state index in [4.69, 9.17) is 4.74 Å². The number of aliphatic hydroxyl groups excluding tert-OH is 1. The van der Waals surface area contributed by atoms with Crippen LogP contribution in [0.3, 0.4) is 0 Å². The molecule has 1 atom stereocenters. The molecule has 4 nitrogen and oxygen atoms in total. The predicted octanol–water partition coefficient (Wildman–Crippen LogP) is 1.69. The minimum atomic E-state index is -0.806. The highest BCUT2D eigenvalue weighted by Crippen LogP contribution is 2.25. The lowest BCUT2D eigenvalue weighted by Gasteiger charge is -2.22. The number of carbonyl (C=O) groups excluding carboxylic acids is 1. The maximum absolute atomic E-state index is 11.9. The van der Waals surface area contributed by atoms with Crippen molar-refractivity contribution in [3.63, 3.8) is 0 Å². The standard InChI is InChI=1S/C14H17NO3/c1-9-10(2)14(17)15(13(9)16)8-11-4-6-12(18-3)7-5-11/h4-7,13,16H,8H2,1-3H3. The molecule has 1 aromatic rings. The number of rotatable bonds is 3. The van der Waals surface area contributed by atoms with Crippen LogP contribution < -0.4 is 4.74 Å². The molecule has 0 saturated carbocycles. The van der Waals surface area contributed by atoms with E-state index in [1.807, 2.05) is 24.3 Å². The normalized spacial score (nSPS) is 19.7. The van der Waals surface area contributed by atoms with Crippen molar-refractivity contribution in [1.82, 2.24) is 4.90 Å². The molecule has 4 heteroatoms. The van der Waals surface area contributed by atoms with Gasteiger partial charge in [0.15, 0.2) is 6.23 Å². The number of aliphatic hydroxyl groups is 1. The first-order valence-corrected chi connectivity index (χ1v) is 5.84. The van der Waals surface area contributed by atoms with E-state index >= 15 is 0 Å². The van der Waals surface area contributed by atoms with Crippen LogP contribution in [0.4, 0.5) is 0 Å². The van der Waals surface area contributed by atoms with E-state index in [1.165, 1.54) is 4.90 Å². The van der Waals surface area contributed by atoms with Crippen LogP contribution >= 0.6 is 0 Å². The second-order valence-electron chi connectivity index (χ2n) is 4.46. The van der Waals surface area contributed by atoms with Crippen molar-refractivity contribution in [2.45, 2.75) is 26.6 Å². The summed E-state index contributed by atoms with van der Waals surface area (Å²) in [5, 5.41) is 9.98. The fourth-order valence-corrected chi connectivity index (χ4v) is 2.01. The number of nitrogens with zero attached hydrogens (tertiary/aromatic N) is 1. The Kier molecular flexibility index (Phi) is 3.39. The molecule has 0 fully saturated rings. The maximum atomic E-state index is 11.9. The molecule has 18 heavy (non-hydrogen) atoms. The first-order valence-electron chi connectivity index (χ1n) is 5.84. The van der Waals surface area contributed by atoms with Crippen LogP contribution in [-0.2, 0) is 11.3 Å². The Morgan fingerprint density at radius 2 is 1.89 bits per heavy atom. The molecule has 1 heterocycles. The Labute approximate surface area is 106 Å². The number of methoxy groups -OCH3 is 1. The summed E-state index contributed by atoms with van der Waals surface area (Å²) in [6, 6.07) is 7.47. The minimum absolute atomic E-state index is 0.101. The molecule has 0 aliphatic carbocycles.